The van der Waals surface area contributed by atoms with Crippen LogP contribution >= 0.6 is 27.3 Å². The van der Waals surface area contributed by atoms with Crippen LogP contribution in [0, 0.1) is 11.8 Å². The van der Waals surface area contributed by atoms with Crippen molar-refractivity contribution in [1.29, 1.82) is 0 Å². The van der Waals surface area contributed by atoms with Crippen molar-refractivity contribution in [1.82, 2.24) is 5.32 Å². The summed E-state index contributed by atoms with van der Waals surface area (Å²) in [6.07, 6.45) is 2.46. The van der Waals surface area contributed by atoms with Crippen LogP contribution in [0.5, 0.6) is 0 Å². The van der Waals surface area contributed by atoms with Crippen molar-refractivity contribution >= 4 is 33.2 Å². The smallest absolute Gasteiger partial charge is 0.226 e. The molecule has 74 valence electrons. The quantitative estimate of drug-likeness (QED) is 0.824. The number of amides is 1. The molecule has 1 aromatic rings. The Morgan fingerprint density at radius 2 is 2.21 bits per heavy atom. The standard InChI is InChI=1S/C10H10BrNOS/c11-7-4-14-3-6(7)9-8(5-1-2-5)10(13)12-9/h3-5,8-9H,1-2H2,(H,12,13). The molecule has 2 heterocycles. The molecular weight excluding hydrogens is 262 g/mol. The molecule has 1 aromatic heterocycles. The number of carbonyl (C=O) groups is 1. The Balaban J connectivity index is 1.86. The first-order chi connectivity index (χ1) is 6.77. The van der Waals surface area contributed by atoms with E-state index in [1.165, 1.54) is 18.4 Å². The number of hydrogen-bond donors (Lipinski definition) is 1. The van der Waals surface area contributed by atoms with Gasteiger partial charge in [-0.15, -0.1) is 0 Å². The average Bonchev–Trinajstić information content (AvgIpc) is 2.85. The second kappa shape index (κ2) is 3.07. The summed E-state index contributed by atoms with van der Waals surface area (Å²) in [4.78, 5) is 11.4. The molecule has 1 aliphatic carbocycles. The van der Waals surface area contributed by atoms with Crippen molar-refractivity contribution in [2.24, 2.45) is 11.8 Å². The van der Waals surface area contributed by atoms with Crippen molar-refractivity contribution < 1.29 is 4.79 Å². The number of hydrogen-bond acceptors (Lipinski definition) is 2. The maximum atomic E-state index is 11.4. The minimum atomic E-state index is 0.246. The van der Waals surface area contributed by atoms with Crippen LogP contribution in [0.4, 0.5) is 0 Å². The van der Waals surface area contributed by atoms with Crippen molar-refractivity contribution in [3.8, 4) is 0 Å². The molecule has 0 bridgehead atoms. The van der Waals surface area contributed by atoms with Crippen LogP contribution in [0.15, 0.2) is 15.2 Å². The molecule has 3 rings (SSSR count). The number of halogens is 1. The SMILES string of the molecule is O=C1NC(c2cscc2Br)C1C1CC1. The van der Waals surface area contributed by atoms with Gasteiger partial charge in [0, 0.05) is 15.4 Å². The number of β-lactam (4-membered cyclic amide) rings is 1. The minimum absolute atomic E-state index is 0.246. The molecule has 1 aliphatic heterocycles. The lowest BCUT2D eigenvalue weighted by Crippen LogP contribution is -2.52. The minimum Gasteiger partial charge on any atom is -0.348 e. The third-order valence-electron chi connectivity index (χ3n) is 3.07. The predicted octanol–water partition coefficient (Wildman–Crippen LogP) is 2.71. The van der Waals surface area contributed by atoms with Gasteiger partial charge >= 0.3 is 0 Å². The highest BCUT2D eigenvalue weighted by atomic mass is 79.9. The van der Waals surface area contributed by atoms with Gasteiger partial charge in [-0.1, -0.05) is 0 Å². The highest BCUT2D eigenvalue weighted by molar-refractivity contribution is 9.10. The lowest BCUT2D eigenvalue weighted by atomic mass is 9.83. The van der Waals surface area contributed by atoms with Crippen LogP contribution in [0.3, 0.4) is 0 Å². The third kappa shape index (κ3) is 1.24. The molecule has 14 heavy (non-hydrogen) atoms. The van der Waals surface area contributed by atoms with Gasteiger partial charge in [0.2, 0.25) is 5.91 Å². The van der Waals surface area contributed by atoms with E-state index in [4.69, 9.17) is 0 Å². The van der Waals surface area contributed by atoms with Gasteiger partial charge in [0.1, 0.15) is 0 Å². The van der Waals surface area contributed by atoms with E-state index in [2.05, 4.69) is 32.0 Å². The monoisotopic (exact) mass is 271 g/mol. The summed E-state index contributed by atoms with van der Waals surface area (Å²) in [5, 5.41) is 7.20. The molecule has 1 amide bonds. The predicted molar refractivity (Wildman–Crippen MR) is 59.1 cm³/mol. The number of thiophene rings is 1. The Morgan fingerprint density at radius 3 is 2.71 bits per heavy atom. The first-order valence-corrected chi connectivity index (χ1v) is 6.53. The van der Waals surface area contributed by atoms with Gasteiger partial charge in [-0.05, 0) is 40.1 Å². The summed E-state index contributed by atoms with van der Waals surface area (Å²) < 4.78 is 1.14. The maximum Gasteiger partial charge on any atom is 0.226 e. The summed E-state index contributed by atoms with van der Waals surface area (Å²) in [6.45, 7) is 0. The van der Waals surface area contributed by atoms with E-state index >= 15 is 0 Å². The van der Waals surface area contributed by atoms with E-state index in [0.29, 0.717) is 5.92 Å². The summed E-state index contributed by atoms with van der Waals surface area (Å²) in [5.41, 5.74) is 1.26. The molecule has 1 saturated carbocycles. The Labute approximate surface area is 94.8 Å². The van der Waals surface area contributed by atoms with Gasteiger partial charge in [-0.2, -0.15) is 11.3 Å². The van der Waals surface area contributed by atoms with Crippen LogP contribution in [0.25, 0.3) is 0 Å². The molecule has 2 aliphatic rings. The highest BCUT2D eigenvalue weighted by Crippen LogP contribution is 2.48. The molecule has 2 nitrogen and oxygen atoms in total. The first kappa shape index (κ1) is 8.92. The van der Waals surface area contributed by atoms with Crippen molar-refractivity contribution in [3.63, 3.8) is 0 Å². The molecular formula is C10H10BrNOS. The van der Waals surface area contributed by atoms with Gasteiger partial charge in [0.25, 0.3) is 0 Å². The number of carbonyl (C=O) groups excluding carboxylic acids is 1. The van der Waals surface area contributed by atoms with Crippen molar-refractivity contribution in [3.05, 3.63) is 20.8 Å². The largest absolute Gasteiger partial charge is 0.348 e. The lowest BCUT2D eigenvalue weighted by Gasteiger charge is -2.37. The first-order valence-electron chi connectivity index (χ1n) is 4.79. The summed E-state index contributed by atoms with van der Waals surface area (Å²) >= 11 is 5.20. The fourth-order valence-electron chi connectivity index (χ4n) is 2.12. The van der Waals surface area contributed by atoms with E-state index < -0.39 is 0 Å². The topological polar surface area (TPSA) is 29.1 Å². The summed E-state index contributed by atoms with van der Waals surface area (Å²) in [6, 6.07) is 0.274. The zero-order valence-electron chi connectivity index (χ0n) is 7.50. The zero-order chi connectivity index (χ0) is 9.71. The maximum absolute atomic E-state index is 11.4. The fraction of sp³-hybridized carbons (Fsp3) is 0.500. The molecule has 1 N–H and O–H groups in total. The van der Waals surface area contributed by atoms with Crippen molar-refractivity contribution in [2.45, 2.75) is 18.9 Å². The van der Waals surface area contributed by atoms with Crippen LogP contribution < -0.4 is 5.32 Å². The normalized spacial score (nSPS) is 31.1. The molecule has 0 spiro atoms. The Morgan fingerprint density at radius 1 is 1.43 bits per heavy atom. The number of nitrogens with one attached hydrogen (secondary N) is 1. The summed E-state index contributed by atoms with van der Waals surface area (Å²) in [7, 11) is 0. The van der Waals surface area contributed by atoms with Gasteiger partial charge < -0.3 is 5.32 Å². The molecule has 2 unspecified atom stereocenters. The van der Waals surface area contributed by atoms with E-state index in [1.807, 2.05) is 0 Å². The number of rotatable bonds is 2. The van der Waals surface area contributed by atoms with E-state index in [9.17, 15) is 4.79 Å². The molecule has 0 radical (unpaired) electrons. The molecule has 0 aromatic carbocycles. The molecule has 2 atom stereocenters. The van der Waals surface area contributed by atoms with E-state index in [0.717, 1.165) is 4.47 Å². The second-order valence-electron chi connectivity index (χ2n) is 4.02. The second-order valence-corrected chi connectivity index (χ2v) is 5.62. The van der Waals surface area contributed by atoms with E-state index in [1.54, 1.807) is 11.3 Å². The van der Waals surface area contributed by atoms with Gasteiger partial charge in [0.05, 0.1) is 12.0 Å². The van der Waals surface area contributed by atoms with Crippen LogP contribution in [0.1, 0.15) is 24.4 Å². The Hall–Kier alpha value is -0.350. The van der Waals surface area contributed by atoms with E-state index in [-0.39, 0.29) is 17.9 Å². The highest BCUT2D eigenvalue weighted by Gasteiger charge is 2.49. The van der Waals surface area contributed by atoms with Crippen LogP contribution in [0.2, 0.25) is 0 Å². The zero-order valence-corrected chi connectivity index (χ0v) is 9.90. The Bertz CT molecular complexity index is 385. The van der Waals surface area contributed by atoms with Crippen LogP contribution in [-0.2, 0) is 4.79 Å². The fourth-order valence-corrected chi connectivity index (χ4v) is 3.70. The van der Waals surface area contributed by atoms with Gasteiger partial charge in [-0.25, -0.2) is 0 Å². The van der Waals surface area contributed by atoms with Gasteiger partial charge in [0.15, 0.2) is 0 Å². The van der Waals surface area contributed by atoms with Crippen molar-refractivity contribution in [2.75, 3.05) is 0 Å². The summed E-state index contributed by atoms with van der Waals surface area (Å²) in [5.74, 6) is 1.15. The molecule has 1 saturated heterocycles. The average molecular weight is 272 g/mol. The third-order valence-corrected chi connectivity index (χ3v) is 4.82. The van der Waals surface area contributed by atoms with Gasteiger partial charge in [-0.3, -0.25) is 4.79 Å². The Kier molecular flexibility index (Phi) is 1.96. The molecule has 4 heteroatoms. The molecule has 2 fully saturated rings. The van der Waals surface area contributed by atoms with Crippen LogP contribution in [-0.4, -0.2) is 5.91 Å². The lowest BCUT2D eigenvalue weighted by molar-refractivity contribution is -0.136.